The number of carbonyl (C=O) groups is 1. The molecule has 0 unspecified atom stereocenters. The van der Waals surface area contributed by atoms with E-state index in [-0.39, 0.29) is 5.91 Å². The summed E-state index contributed by atoms with van der Waals surface area (Å²) in [7, 11) is 0. The Hall–Kier alpha value is -1.60. The molecule has 0 aromatic heterocycles. The highest BCUT2D eigenvalue weighted by Gasteiger charge is 2.20. The molecule has 0 bridgehead atoms. The molecule has 0 spiro atoms. The highest BCUT2D eigenvalue weighted by atomic mass is 79.9. The Morgan fingerprint density at radius 3 is 2.64 bits per heavy atom. The van der Waals surface area contributed by atoms with Crippen LogP contribution in [0.25, 0.3) is 6.08 Å². The fourth-order valence-corrected chi connectivity index (χ4v) is 2.70. The van der Waals surface area contributed by atoms with Gasteiger partial charge in [-0.1, -0.05) is 6.92 Å². The molecular formula is C15H17BrN2O3S. The third-order valence-electron chi connectivity index (χ3n) is 2.81. The van der Waals surface area contributed by atoms with E-state index in [1.54, 1.807) is 6.08 Å². The zero-order valence-electron chi connectivity index (χ0n) is 12.4. The molecule has 0 atom stereocenters. The molecule has 0 saturated carbocycles. The van der Waals surface area contributed by atoms with E-state index in [0.29, 0.717) is 35.5 Å². The molecule has 118 valence electrons. The average molecular weight is 385 g/mol. The number of rotatable bonds is 6. The number of benzene rings is 1. The molecule has 0 radical (unpaired) electrons. The maximum atomic E-state index is 11.7. The van der Waals surface area contributed by atoms with Crippen LogP contribution < -0.4 is 20.1 Å². The van der Waals surface area contributed by atoms with Crippen molar-refractivity contribution in [2.45, 2.75) is 20.3 Å². The Morgan fingerprint density at radius 1 is 1.27 bits per heavy atom. The van der Waals surface area contributed by atoms with Gasteiger partial charge in [0.1, 0.15) is 5.70 Å². The van der Waals surface area contributed by atoms with Gasteiger partial charge in [0.25, 0.3) is 5.91 Å². The van der Waals surface area contributed by atoms with Crippen molar-refractivity contribution in [3.8, 4) is 11.5 Å². The lowest BCUT2D eigenvalue weighted by atomic mass is 10.1. The Morgan fingerprint density at radius 2 is 2.05 bits per heavy atom. The molecule has 1 aliphatic heterocycles. The first-order chi connectivity index (χ1) is 10.5. The highest BCUT2D eigenvalue weighted by molar-refractivity contribution is 9.10. The minimum Gasteiger partial charge on any atom is -0.490 e. The minimum absolute atomic E-state index is 0.245. The summed E-state index contributed by atoms with van der Waals surface area (Å²) in [5, 5.41) is 5.65. The molecule has 1 aliphatic rings. The number of hydrogen-bond donors (Lipinski definition) is 2. The zero-order valence-corrected chi connectivity index (χ0v) is 14.8. The van der Waals surface area contributed by atoms with Crippen molar-refractivity contribution in [1.82, 2.24) is 10.6 Å². The van der Waals surface area contributed by atoms with Gasteiger partial charge in [0, 0.05) is 0 Å². The van der Waals surface area contributed by atoms with Gasteiger partial charge in [-0.2, -0.15) is 0 Å². The summed E-state index contributed by atoms with van der Waals surface area (Å²) in [4.78, 5) is 11.7. The van der Waals surface area contributed by atoms with E-state index in [2.05, 4.69) is 26.6 Å². The van der Waals surface area contributed by atoms with Gasteiger partial charge >= 0.3 is 0 Å². The summed E-state index contributed by atoms with van der Waals surface area (Å²) in [5.74, 6) is 1.06. The Bertz CT molecular complexity index is 631. The van der Waals surface area contributed by atoms with Crippen molar-refractivity contribution in [3.63, 3.8) is 0 Å². The summed E-state index contributed by atoms with van der Waals surface area (Å²) in [6.45, 7) is 5.09. The number of hydrogen-bond acceptors (Lipinski definition) is 4. The van der Waals surface area contributed by atoms with Gasteiger partial charge in [-0.25, -0.2) is 0 Å². The summed E-state index contributed by atoms with van der Waals surface area (Å²) in [5.41, 5.74) is 1.21. The molecule has 2 rings (SSSR count). The molecule has 7 heteroatoms. The lowest BCUT2D eigenvalue weighted by molar-refractivity contribution is -0.115. The molecule has 1 fully saturated rings. The highest BCUT2D eigenvalue weighted by Crippen LogP contribution is 2.37. The van der Waals surface area contributed by atoms with Crippen molar-refractivity contribution in [2.75, 3.05) is 13.2 Å². The van der Waals surface area contributed by atoms with Crippen molar-refractivity contribution >= 4 is 45.2 Å². The molecule has 1 saturated heterocycles. The second kappa shape index (κ2) is 7.60. The summed E-state index contributed by atoms with van der Waals surface area (Å²) in [6.07, 6.45) is 2.62. The van der Waals surface area contributed by atoms with Crippen LogP contribution in [0.4, 0.5) is 0 Å². The lowest BCUT2D eigenvalue weighted by Crippen LogP contribution is -2.21. The van der Waals surface area contributed by atoms with E-state index in [1.807, 2.05) is 26.0 Å². The molecule has 1 heterocycles. The molecule has 1 amide bonds. The summed E-state index contributed by atoms with van der Waals surface area (Å²) in [6, 6.07) is 3.71. The van der Waals surface area contributed by atoms with Crippen LogP contribution >= 0.6 is 28.1 Å². The Kier molecular flexibility index (Phi) is 5.79. The maximum absolute atomic E-state index is 11.7. The molecule has 1 aromatic carbocycles. The average Bonchev–Trinajstić information content (AvgIpc) is 2.76. The van der Waals surface area contributed by atoms with Crippen LogP contribution in [0.5, 0.6) is 11.5 Å². The van der Waals surface area contributed by atoms with Crippen molar-refractivity contribution in [1.29, 1.82) is 0 Å². The summed E-state index contributed by atoms with van der Waals surface area (Å²) >= 11 is 8.41. The maximum Gasteiger partial charge on any atom is 0.273 e. The second-order valence-corrected chi connectivity index (χ2v) is 5.84. The van der Waals surface area contributed by atoms with Crippen molar-refractivity contribution in [3.05, 3.63) is 27.9 Å². The van der Waals surface area contributed by atoms with Crippen molar-refractivity contribution in [2.24, 2.45) is 0 Å². The van der Waals surface area contributed by atoms with Crippen LogP contribution in [-0.2, 0) is 4.79 Å². The molecule has 22 heavy (non-hydrogen) atoms. The first-order valence-electron chi connectivity index (χ1n) is 6.98. The van der Waals surface area contributed by atoms with E-state index in [0.717, 1.165) is 16.5 Å². The third-order valence-corrected chi connectivity index (χ3v) is 3.61. The molecular weight excluding hydrogens is 368 g/mol. The number of carbonyl (C=O) groups excluding carboxylic acids is 1. The Balaban J connectivity index is 2.35. The van der Waals surface area contributed by atoms with Crippen LogP contribution in [0.2, 0.25) is 0 Å². The normalized spacial score (nSPS) is 15.7. The van der Waals surface area contributed by atoms with E-state index in [4.69, 9.17) is 21.7 Å². The second-order valence-electron chi connectivity index (χ2n) is 4.58. The molecule has 1 aromatic rings. The van der Waals surface area contributed by atoms with Gasteiger partial charge < -0.3 is 14.8 Å². The van der Waals surface area contributed by atoms with Gasteiger partial charge in [-0.3, -0.25) is 10.1 Å². The predicted molar refractivity (Wildman–Crippen MR) is 93.0 cm³/mol. The van der Waals surface area contributed by atoms with Gasteiger partial charge in [0.2, 0.25) is 0 Å². The van der Waals surface area contributed by atoms with E-state index in [1.165, 1.54) is 0 Å². The van der Waals surface area contributed by atoms with Crippen LogP contribution in [0.15, 0.2) is 22.3 Å². The minimum atomic E-state index is -0.245. The fraction of sp³-hybridized carbons (Fsp3) is 0.333. The predicted octanol–water partition coefficient (Wildman–Crippen LogP) is 2.98. The van der Waals surface area contributed by atoms with Gasteiger partial charge in [0.15, 0.2) is 16.6 Å². The molecule has 0 aliphatic carbocycles. The summed E-state index contributed by atoms with van der Waals surface area (Å²) < 4.78 is 12.1. The standard InChI is InChI=1S/C15H17BrN2O3S/c1-3-5-21-13-10(16)6-9(8-12(13)20-4-2)7-11-14(19)18-15(22)17-11/h6-8H,3-5H2,1-2H3,(H2,17,18,19,22)/b11-7-. The van der Waals surface area contributed by atoms with Crippen molar-refractivity contribution < 1.29 is 14.3 Å². The van der Waals surface area contributed by atoms with E-state index >= 15 is 0 Å². The first-order valence-corrected chi connectivity index (χ1v) is 8.18. The number of nitrogens with one attached hydrogen (secondary N) is 2. The van der Waals surface area contributed by atoms with Crippen LogP contribution in [0.1, 0.15) is 25.8 Å². The Labute approximate surface area is 143 Å². The topological polar surface area (TPSA) is 59.6 Å². The zero-order chi connectivity index (χ0) is 16.1. The van der Waals surface area contributed by atoms with E-state index in [9.17, 15) is 4.79 Å². The first kappa shape index (κ1) is 16.8. The quantitative estimate of drug-likeness (QED) is 0.583. The van der Waals surface area contributed by atoms with Crippen LogP contribution in [0, 0.1) is 0 Å². The fourth-order valence-electron chi connectivity index (χ4n) is 1.93. The largest absolute Gasteiger partial charge is 0.490 e. The molecule has 5 nitrogen and oxygen atoms in total. The van der Waals surface area contributed by atoms with E-state index < -0.39 is 0 Å². The van der Waals surface area contributed by atoms with Gasteiger partial charge in [0.05, 0.1) is 17.7 Å². The third kappa shape index (κ3) is 3.98. The number of halogens is 1. The lowest BCUT2D eigenvalue weighted by Gasteiger charge is -2.14. The number of amides is 1. The van der Waals surface area contributed by atoms with Gasteiger partial charge in [-0.15, -0.1) is 0 Å². The van der Waals surface area contributed by atoms with Crippen LogP contribution in [-0.4, -0.2) is 24.2 Å². The van der Waals surface area contributed by atoms with Gasteiger partial charge in [-0.05, 0) is 65.3 Å². The van der Waals surface area contributed by atoms with Crippen LogP contribution in [0.3, 0.4) is 0 Å². The molecule has 2 N–H and O–H groups in total. The monoisotopic (exact) mass is 384 g/mol. The number of thiocarbonyl (C=S) groups is 1. The number of ether oxygens (including phenoxy) is 2. The smallest absolute Gasteiger partial charge is 0.273 e. The SMILES string of the molecule is CCCOc1c(Br)cc(/C=C2\NC(=S)NC2=O)cc1OCC.